The molecule has 0 saturated carbocycles. The second-order valence-electron chi connectivity index (χ2n) is 6.33. The van der Waals surface area contributed by atoms with E-state index in [-0.39, 0.29) is 15.4 Å². The normalized spacial score (nSPS) is 11.7. The first-order valence-electron chi connectivity index (χ1n) is 8.84. The summed E-state index contributed by atoms with van der Waals surface area (Å²) in [7, 11) is -6.24. The van der Waals surface area contributed by atoms with Gasteiger partial charge in [-0.15, -0.1) is 0 Å². The van der Waals surface area contributed by atoms with Crippen molar-refractivity contribution in [1.82, 2.24) is 4.72 Å². The van der Waals surface area contributed by atoms with Gasteiger partial charge in [-0.2, -0.15) is 0 Å². The highest BCUT2D eigenvalue weighted by Crippen LogP contribution is 2.21. The number of nitrogens with one attached hydrogen (secondary N) is 3. The Morgan fingerprint density at radius 2 is 1.45 bits per heavy atom. The van der Waals surface area contributed by atoms with E-state index in [9.17, 15) is 21.6 Å². The van der Waals surface area contributed by atoms with Gasteiger partial charge in [-0.05, 0) is 67.7 Å². The molecule has 3 N–H and O–H groups in total. The summed E-state index contributed by atoms with van der Waals surface area (Å²) in [6, 6.07) is 17.3. The van der Waals surface area contributed by atoms with Crippen LogP contribution in [0.5, 0.6) is 0 Å². The molecule has 0 spiro atoms. The first-order valence-corrected chi connectivity index (χ1v) is 12.2. The van der Waals surface area contributed by atoms with E-state index in [4.69, 9.17) is 11.6 Å². The minimum atomic E-state index is -3.95. The number of sulfonamides is 2. The molecule has 8 nitrogen and oxygen atoms in total. The van der Waals surface area contributed by atoms with Crippen LogP contribution in [0, 0.1) is 0 Å². The number of amides is 1. The lowest BCUT2D eigenvalue weighted by Gasteiger charge is -2.10. The molecule has 0 atom stereocenters. The molecule has 0 aliphatic rings. The number of halogens is 1. The zero-order valence-corrected chi connectivity index (χ0v) is 18.6. The summed E-state index contributed by atoms with van der Waals surface area (Å²) < 4.78 is 53.5. The summed E-state index contributed by atoms with van der Waals surface area (Å²) in [5, 5.41) is 2.98. The molecule has 0 saturated heterocycles. The number of carbonyl (C=O) groups is 1. The molecule has 3 rings (SSSR count). The van der Waals surface area contributed by atoms with Gasteiger partial charge in [-0.1, -0.05) is 23.7 Å². The summed E-state index contributed by atoms with van der Waals surface area (Å²) in [6.07, 6.45) is 0. The van der Waals surface area contributed by atoms with Crippen molar-refractivity contribution in [2.24, 2.45) is 0 Å². The van der Waals surface area contributed by atoms with Crippen molar-refractivity contribution in [1.29, 1.82) is 0 Å². The second-order valence-corrected chi connectivity index (χ2v) is 10.3. The van der Waals surface area contributed by atoms with Gasteiger partial charge in [0, 0.05) is 16.3 Å². The lowest BCUT2D eigenvalue weighted by molar-refractivity contribution is 0.102. The molecule has 11 heteroatoms. The molecule has 3 aromatic carbocycles. The first kappa shape index (κ1) is 22.8. The van der Waals surface area contributed by atoms with E-state index in [1.165, 1.54) is 61.6 Å². The molecule has 0 aromatic heterocycles. The van der Waals surface area contributed by atoms with E-state index in [0.717, 1.165) is 0 Å². The number of rotatable bonds is 7. The fourth-order valence-corrected chi connectivity index (χ4v) is 4.62. The van der Waals surface area contributed by atoms with Crippen LogP contribution in [-0.2, 0) is 20.0 Å². The summed E-state index contributed by atoms with van der Waals surface area (Å²) in [6.45, 7) is 0. The molecule has 0 radical (unpaired) electrons. The van der Waals surface area contributed by atoms with Gasteiger partial charge in [0.25, 0.3) is 15.9 Å². The van der Waals surface area contributed by atoms with Gasteiger partial charge in [0.1, 0.15) is 0 Å². The smallest absolute Gasteiger partial charge is 0.261 e. The monoisotopic (exact) mass is 479 g/mol. The minimum Gasteiger partial charge on any atom is -0.322 e. The average molecular weight is 480 g/mol. The molecule has 1 amide bonds. The Labute approximate surface area is 185 Å². The quantitative estimate of drug-likeness (QED) is 0.480. The van der Waals surface area contributed by atoms with E-state index in [1.54, 1.807) is 18.2 Å². The summed E-state index contributed by atoms with van der Waals surface area (Å²) in [5.41, 5.74) is 0.755. The molecule has 0 unspecified atom stereocenters. The topological polar surface area (TPSA) is 121 Å². The summed E-state index contributed by atoms with van der Waals surface area (Å²) in [5.74, 6) is -0.552. The standard InChI is InChI=1S/C20H18ClN3O5S2/c1-22-30(26,27)18-10-8-16(9-11-18)23-20(25)14-4-2-7-19(12-14)31(28,29)24-17-6-3-5-15(21)13-17/h2-13,22,24H,1H3,(H,23,25). The second kappa shape index (κ2) is 9.06. The highest BCUT2D eigenvalue weighted by Gasteiger charge is 2.17. The van der Waals surface area contributed by atoms with Gasteiger partial charge in [0.2, 0.25) is 10.0 Å². The molecule has 162 valence electrons. The Morgan fingerprint density at radius 1 is 0.774 bits per heavy atom. The lowest BCUT2D eigenvalue weighted by Crippen LogP contribution is -2.18. The maximum atomic E-state index is 12.7. The Hall–Kier alpha value is -2.92. The first-order chi connectivity index (χ1) is 14.6. The van der Waals surface area contributed by atoms with Crippen LogP contribution >= 0.6 is 11.6 Å². The van der Waals surface area contributed by atoms with E-state index >= 15 is 0 Å². The van der Waals surface area contributed by atoms with E-state index in [1.807, 2.05) is 0 Å². The Morgan fingerprint density at radius 3 is 2.10 bits per heavy atom. The van der Waals surface area contributed by atoms with Crippen LogP contribution < -0.4 is 14.8 Å². The number of benzene rings is 3. The number of carbonyl (C=O) groups excluding carboxylic acids is 1. The van der Waals surface area contributed by atoms with Crippen LogP contribution in [0.25, 0.3) is 0 Å². The molecule has 3 aromatic rings. The molecular formula is C20H18ClN3O5S2. The molecule has 0 bridgehead atoms. The van der Waals surface area contributed by atoms with Gasteiger partial charge >= 0.3 is 0 Å². The largest absolute Gasteiger partial charge is 0.322 e. The molecule has 0 aliphatic carbocycles. The zero-order chi connectivity index (χ0) is 22.6. The number of hydrogen-bond acceptors (Lipinski definition) is 5. The number of anilines is 2. The van der Waals surface area contributed by atoms with Crippen molar-refractivity contribution in [3.8, 4) is 0 Å². The minimum absolute atomic E-state index is 0.0492. The maximum absolute atomic E-state index is 12.7. The highest BCUT2D eigenvalue weighted by molar-refractivity contribution is 7.92. The lowest BCUT2D eigenvalue weighted by atomic mass is 10.2. The zero-order valence-electron chi connectivity index (χ0n) is 16.2. The fourth-order valence-electron chi connectivity index (χ4n) is 2.61. The maximum Gasteiger partial charge on any atom is 0.261 e. The van der Waals surface area contributed by atoms with Crippen molar-refractivity contribution in [2.45, 2.75) is 9.79 Å². The van der Waals surface area contributed by atoms with Crippen molar-refractivity contribution in [3.63, 3.8) is 0 Å². The van der Waals surface area contributed by atoms with Gasteiger partial charge < -0.3 is 5.32 Å². The Balaban J connectivity index is 1.78. The third kappa shape index (κ3) is 5.61. The summed E-state index contributed by atoms with van der Waals surface area (Å²) in [4.78, 5) is 12.5. The van der Waals surface area contributed by atoms with E-state index in [2.05, 4.69) is 14.8 Å². The predicted octanol–water partition coefficient (Wildman–Crippen LogP) is 3.30. The Bertz CT molecular complexity index is 1320. The van der Waals surface area contributed by atoms with E-state index < -0.39 is 26.0 Å². The van der Waals surface area contributed by atoms with Crippen LogP contribution in [-0.4, -0.2) is 29.8 Å². The third-order valence-corrected chi connectivity index (χ3v) is 7.22. The van der Waals surface area contributed by atoms with Crippen molar-refractivity contribution in [2.75, 3.05) is 17.1 Å². The predicted molar refractivity (Wildman–Crippen MR) is 119 cm³/mol. The summed E-state index contributed by atoms with van der Waals surface area (Å²) >= 11 is 5.88. The third-order valence-electron chi connectivity index (χ3n) is 4.17. The molecule has 0 aliphatic heterocycles. The van der Waals surface area contributed by atoms with Crippen LogP contribution in [0.2, 0.25) is 5.02 Å². The van der Waals surface area contributed by atoms with Crippen LogP contribution in [0.3, 0.4) is 0 Å². The number of hydrogen-bond donors (Lipinski definition) is 3. The average Bonchev–Trinajstić information content (AvgIpc) is 2.74. The van der Waals surface area contributed by atoms with Crippen molar-refractivity contribution >= 4 is 48.9 Å². The molecule has 0 fully saturated rings. The van der Waals surface area contributed by atoms with Gasteiger partial charge in [-0.3, -0.25) is 9.52 Å². The van der Waals surface area contributed by atoms with Crippen LogP contribution in [0.1, 0.15) is 10.4 Å². The van der Waals surface area contributed by atoms with Crippen LogP contribution in [0.4, 0.5) is 11.4 Å². The van der Waals surface area contributed by atoms with Crippen molar-refractivity contribution < 1.29 is 21.6 Å². The van der Waals surface area contributed by atoms with Gasteiger partial charge in [0.15, 0.2) is 0 Å². The highest BCUT2D eigenvalue weighted by atomic mass is 35.5. The SMILES string of the molecule is CNS(=O)(=O)c1ccc(NC(=O)c2cccc(S(=O)(=O)Nc3cccc(Cl)c3)c2)cc1. The molecular weight excluding hydrogens is 462 g/mol. The Kier molecular flexibility index (Phi) is 6.65. The molecule has 0 heterocycles. The van der Waals surface area contributed by atoms with Gasteiger partial charge in [-0.25, -0.2) is 21.6 Å². The van der Waals surface area contributed by atoms with Crippen LogP contribution in [0.15, 0.2) is 82.6 Å². The van der Waals surface area contributed by atoms with E-state index in [0.29, 0.717) is 16.4 Å². The molecule has 31 heavy (non-hydrogen) atoms. The van der Waals surface area contributed by atoms with Crippen molar-refractivity contribution in [3.05, 3.63) is 83.4 Å². The van der Waals surface area contributed by atoms with Gasteiger partial charge in [0.05, 0.1) is 15.5 Å². The fraction of sp³-hybridized carbons (Fsp3) is 0.0500.